The van der Waals surface area contributed by atoms with Gasteiger partial charge in [-0.1, -0.05) is 31.9 Å². The average Bonchev–Trinajstić information content (AvgIpc) is 2.59. The Kier molecular flexibility index (Phi) is 9.65. The molecule has 1 aromatic carbocycles. The Morgan fingerprint density at radius 3 is 2.16 bits per heavy atom. The molecule has 1 atom stereocenters. The lowest BCUT2D eigenvalue weighted by Gasteiger charge is -2.29. The Balaban J connectivity index is 2.92. The number of esters is 2. The van der Waals surface area contributed by atoms with E-state index in [0.29, 0.717) is 0 Å². The third kappa shape index (κ3) is 10.3. The van der Waals surface area contributed by atoms with Crippen molar-refractivity contribution in [2.45, 2.75) is 56.1 Å². The largest absolute Gasteiger partial charge is 0.491 e. The van der Waals surface area contributed by atoms with Crippen molar-refractivity contribution >= 4 is 22.0 Å². The van der Waals surface area contributed by atoms with Gasteiger partial charge in [-0.25, -0.2) is 17.9 Å². The van der Waals surface area contributed by atoms with Crippen molar-refractivity contribution in [3.8, 4) is 0 Å². The number of sulfonamides is 1. The van der Waals surface area contributed by atoms with Gasteiger partial charge in [0.05, 0.1) is 45.0 Å². The van der Waals surface area contributed by atoms with Crippen LogP contribution < -0.4 is 4.72 Å². The van der Waals surface area contributed by atoms with E-state index in [-0.39, 0.29) is 15.9 Å². The minimum Gasteiger partial charge on any atom is -0.386 e. The number of unbranched alkanes of at least 4 members (excludes halogenated alkanes) is 2. The van der Waals surface area contributed by atoms with E-state index in [1.165, 1.54) is 12.1 Å². The first-order valence-electron chi connectivity index (χ1n) is 9.87. The molecule has 31 heavy (non-hydrogen) atoms. The van der Waals surface area contributed by atoms with Gasteiger partial charge in [0.1, 0.15) is 0 Å². The smallest absolute Gasteiger partial charge is 0.386 e. The monoisotopic (exact) mass is 467 g/mol. The number of carbonyl (C=O) groups is 2. The fraction of sp³-hybridized carbons (Fsp3) is 0.600. The molecule has 1 N–H and O–H groups in total. The van der Waals surface area contributed by atoms with Crippen LogP contribution in [0.1, 0.15) is 38.2 Å². The SMILES string of the molecule is CCCCCc1ccc(S(=O)(=O)N[C@H](CC(=O)OC(=O)C(F)(F)F)C[N+](C)(C)C)cc1. The molecule has 0 spiro atoms. The molecule has 0 heterocycles. The highest BCUT2D eigenvalue weighted by atomic mass is 32.2. The van der Waals surface area contributed by atoms with Crippen LogP contribution in [-0.2, 0) is 30.8 Å². The number of ether oxygens (including phenoxy) is 1. The molecule has 0 aromatic heterocycles. The van der Waals surface area contributed by atoms with Crippen LogP contribution in [0.15, 0.2) is 29.2 Å². The predicted molar refractivity (Wildman–Crippen MR) is 108 cm³/mol. The highest BCUT2D eigenvalue weighted by Gasteiger charge is 2.43. The Morgan fingerprint density at radius 1 is 1.10 bits per heavy atom. The molecule has 7 nitrogen and oxygen atoms in total. The summed E-state index contributed by atoms with van der Waals surface area (Å²) in [6.45, 7) is 2.16. The Morgan fingerprint density at radius 2 is 1.68 bits per heavy atom. The fourth-order valence-corrected chi connectivity index (χ4v) is 4.14. The number of benzene rings is 1. The minimum atomic E-state index is -5.32. The first-order chi connectivity index (χ1) is 14.1. The molecule has 0 aliphatic rings. The van der Waals surface area contributed by atoms with E-state index in [4.69, 9.17) is 0 Å². The van der Waals surface area contributed by atoms with E-state index in [2.05, 4.69) is 16.4 Å². The molecule has 0 fully saturated rings. The number of alkyl halides is 3. The first kappa shape index (κ1) is 27.1. The third-order valence-corrected chi connectivity index (χ3v) is 5.78. The second kappa shape index (κ2) is 11.1. The summed E-state index contributed by atoms with van der Waals surface area (Å²) in [5, 5.41) is 0. The quantitative estimate of drug-likeness (QED) is 0.234. The zero-order chi connectivity index (χ0) is 23.9. The number of nitrogens with one attached hydrogen (secondary N) is 1. The highest BCUT2D eigenvalue weighted by molar-refractivity contribution is 7.89. The van der Waals surface area contributed by atoms with E-state index < -0.39 is 40.6 Å². The molecule has 1 aromatic rings. The molecule has 0 saturated heterocycles. The van der Waals surface area contributed by atoms with Crippen LogP contribution >= 0.6 is 0 Å². The minimum absolute atomic E-state index is 0.0297. The Bertz CT molecular complexity index is 847. The first-order valence-corrected chi connectivity index (χ1v) is 11.4. The number of hydrogen-bond acceptors (Lipinski definition) is 5. The molecule has 0 aliphatic heterocycles. The number of likely N-dealkylation sites (N-methyl/N-ethyl adjacent to an activating group) is 1. The number of halogens is 3. The van der Waals surface area contributed by atoms with Crippen LogP contribution in [0.3, 0.4) is 0 Å². The van der Waals surface area contributed by atoms with Gasteiger partial charge < -0.3 is 9.22 Å². The lowest BCUT2D eigenvalue weighted by Crippen LogP contribution is -2.50. The van der Waals surface area contributed by atoms with Crippen LogP contribution in [0.25, 0.3) is 0 Å². The van der Waals surface area contributed by atoms with Gasteiger partial charge >= 0.3 is 18.1 Å². The number of hydrogen-bond donors (Lipinski definition) is 1. The maximum atomic E-state index is 12.7. The van der Waals surface area contributed by atoms with Crippen LogP contribution in [0, 0.1) is 0 Å². The summed E-state index contributed by atoms with van der Waals surface area (Å²) >= 11 is 0. The molecule has 0 amide bonds. The van der Waals surface area contributed by atoms with Gasteiger partial charge in [-0.2, -0.15) is 13.2 Å². The van der Waals surface area contributed by atoms with Crippen molar-refractivity contribution in [2.75, 3.05) is 27.7 Å². The van der Waals surface area contributed by atoms with Crippen LogP contribution in [-0.4, -0.2) is 64.7 Å². The summed E-state index contributed by atoms with van der Waals surface area (Å²) in [7, 11) is 1.11. The van der Waals surface area contributed by atoms with Gasteiger partial charge in [0.2, 0.25) is 10.0 Å². The summed E-state index contributed by atoms with van der Waals surface area (Å²) < 4.78 is 68.7. The zero-order valence-electron chi connectivity index (χ0n) is 18.2. The fourth-order valence-electron chi connectivity index (χ4n) is 2.91. The Labute approximate surface area is 181 Å². The van der Waals surface area contributed by atoms with E-state index in [9.17, 15) is 31.2 Å². The van der Waals surface area contributed by atoms with Crippen molar-refractivity contribution in [1.29, 1.82) is 0 Å². The van der Waals surface area contributed by atoms with Gasteiger partial charge in [0.25, 0.3) is 0 Å². The molecule has 1 rings (SSSR count). The molecule has 176 valence electrons. The van der Waals surface area contributed by atoms with Crippen molar-refractivity contribution in [1.82, 2.24) is 4.72 Å². The van der Waals surface area contributed by atoms with Gasteiger partial charge in [0, 0.05) is 0 Å². The molecule has 0 saturated carbocycles. The second-order valence-corrected chi connectivity index (χ2v) is 10.1. The number of rotatable bonds is 11. The summed E-state index contributed by atoms with van der Waals surface area (Å²) in [5.74, 6) is -4.10. The predicted octanol–water partition coefficient (Wildman–Crippen LogP) is 2.79. The third-order valence-electron chi connectivity index (χ3n) is 4.24. The van der Waals surface area contributed by atoms with Gasteiger partial charge in [0.15, 0.2) is 0 Å². The van der Waals surface area contributed by atoms with Crippen LogP contribution in [0.2, 0.25) is 0 Å². The lowest BCUT2D eigenvalue weighted by atomic mass is 10.1. The van der Waals surface area contributed by atoms with Gasteiger partial charge in [-0.3, -0.25) is 4.79 Å². The number of quaternary nitrogens is 1. The molecular formula is C20H30F3N2O5S+. The summed E-state index contributed by atoms with van der Waals surface area (Å²) in [6, 6.07) is 5.21. The highest BCUT2D eigenvalue weighted by Crippen LogP contribution is 2.18. The second-order valence-electron chi connectivity index (χ2n) is 8.36. The lowest BCUT2D eigenvalue weighted by molar-refractivity contribution is -0.871. The van der Waals surface area contributed by atoms with Crippen molar-refractivity contribution in [2.24, 2.45) is 0 Å². The molecule has 0 aliphatic carbocycles. The van der Waals surface area contributed by atoms with E-state index in [1.807, 2.05) is 0 Å². The molecule has 11 heteroatoms. The number of nitrogens with zero attached hydrogens (tertiary/aromatic N) is 1. The average molecular weight is 468 g/mol. The van der Waals surface area contributed by atoms with E-state index >= 15 is 0 Å². The topological polar surface area (TPSA) is 89.5 Å². The van der Waals surface area contributed by atoms with Crippen molar-refractivity contribution in [3.05, 3.63) is 29.8 Å². The van der Waals surface area contributed by atoms with E-state index in [1.54, 1.807) is 33.3 Å². The van der Waals surface area contributed by atoms with Gasteiger partial charge in [-0.05, 0) is 30.5 Å². The summed E-state index contributed by atoms with van der Waals surface area (Å²) in [4.78, 5) is 22.6. The Hall–Kier alpha value is -1.98. The molecule has 0 unspecified atom stereocenters. The summed E-state index contributed by atoms with van der Waals surface area (Å²) in [6.07, 6.45) is -2.09. The maximum Gasteiger partial charge on any atom is 0.491 e. The van der Waals surface area contributed by atoms with Crippen LogP contribution in [0.5, 0.6) is 0 Å². The van der Waals surface area contributed by atoms with Gasteiger partial charge in [-0.15, -0.1) is 0 Å². The molecule has 0 radical (unpaired) electrons. The number of aryl methyl sites for hydroxylation is 1. The normalized spacial score (nSPS) is 13.6. The molecule has 0 bridgehead atoms. The van der Waals surface area contributed by atoms with Crippen molar-refractivity contribution < 1.29 is 40.4 Å². The zero-order valence-corrected chi connectivity index (χ0v) is 19.0. The van der Waals surface area contributed by atoms with Crippen LogP contribution in [0.4, 0.5) is 13.2 Å². The maximum absolute atomic E-state index is 12.7. The number of carbonyl (C=O) groups excluding carboxylic acids is 2. The van der Waals surface area contributed by atoms with Crippen molar-refractivity contribution in [3.63, 3.8) is 0 Å². The van der Waals surface area contributed by atoms with E-state index in [0.717, 1.165) is 31.2 Å². The molecular weight excluding hydrogens is 437 g/mol. The summed E-state index contributed by atoms with van der Waals surface area (Å²) in [5.41, 5.74) is 0.990. The standard InChI is InChI=1S/C20H30F3N2O5S/c1-5-6-7-8-15-9-11-17(12-10-15)31(28,29)24-16(14-25(2,3)4)13-18(26)30-19(27)20(21,22)23/h9-12,16,24H,5-8,13-14H2,1-4H3/q+1/t16-/m1/s1.